The molecule has 0 saturated heterocycles. The second-order valence-corrected chi connectivity index (χ2v) is 5.96. The number of fused-ring (bicyclic) bond motifs is 1. The van der Waals surface area contributed by atoms with E-state index in [-0.39, 0.29) is 63.9 Å². The van der Waals surface area contributed by atoms with Crippen molar-refractivity contribution in [2.45, 2.75) is 32.6 Å². The molecule has 1 aromatic heterocycles. The molecule has 0 unspecified atom stereocenters. The number of aliphatic carboxylic acids is 1. The molecular weight excluding hydrogens is 347 g/mol. The molecule has 0 radical (unpaired) electrons. The Hall–Kier alpha value is -0.864. The molecule has 0 aliphatic carbocycles. The zero-order valence-corrected chi connectivity index (χ0v) is 18.5. The van der Waals surface area contributed by atoms with Gasteiger partial charge in [-0.2, -0.15) is 0 Å². The monoisotopic (exact) mass is 370 g/mol. The number of hydrogen-bond donors (Lipinski definition) is 0. The summed E-state index contributed by atoms with van der Waals surface area (Å²) in [5, 5.41) is 11.6. The summed E-state index contributed by atoms with van der Waals surface area (Å²) in [6, 6.07) is 5.38. The van der Waals surface area contributed by atoms with E-state index < -0.39 is 5.97 Å². The van der Waals surface area contributed by atoms with Crippen LogP contribution >= 0.6 is 0 Å². The molecule has 0 aliphatic heterocycles. The van der Waals surface area contributed by atoms with Gasteiger partial charge >= 0.3 is 57.5 Å². The molecule has 25 heavy (non-hydrogen) atoms. The quantitative estimate of drug-likeness (QED) is 0.592. The van der Waals surface area contributed by atoms with Crippen molar-refractivity contribution in [2.24, 2.45) is 7.05 Å². The van der Waals surface area contributed by atoms with Crippen LogP contribution in [0.5, 0.6) is 5.75 Å². The SMILES string of the molecule is CCCCN(C)C(=O)Oc1ccc2c(CCC(=O)[O-])cn(C)c2c1.[K+]. The number of carbonyl (C=O) groups excluding carboxylic acids is 2. The molecule has 0 aliphatic rings. The van der Waals surface area contributed by atoms with Gasteiger partial charge in [0.25, 0.3) is 0 Å². The Kier molecular flexibility index (Phi) is 9.16. The number of nitrogens with zero attached hydrogens (tertiary/aromatic N) is 2. The second kappa shape index (κ2) is 10.3. The van der Waals surface area contributed by atoms with Gasteiger partial charge in [-0.1, -0.05) is 13.3 Å². The Bertz CT molecular complexity index is 742. The zero-order valence-electron chi connectivity index (χ0n) is 15.4. The van der Waals surface area contributed by atoms with E-state index >= 15 is 0 Å². The van der Waals surface area contributed by atoms with E-state index in [9.17, 15) is 14.7 Å². The van der Waals surface area contributed by atoms with Crippen LogP contribution in [0.1, 0.15) is 31.7 Å². The molecule has 0 spiro atoms. The van der Waals surface area contributed by atoms with Crippen LogP contribution in [0.25, 0.3) is 10.9 Å². The Balaban J connectivity index is 0.00000312. The molecule has 1 aromatic carbocycles. The van der Waals surface area contributed by atoms with Crippen LogP contribution in [-0.2, 0) is 18.3 Å². The van der Waals surface area contributed by atoms with E-state index in [4.69, 9.17) is 4.74 Å². The number of carboxylic acids is 1. The fraction of sp³-hybridized carbons (Fsp3) is 0.444. The van der Waals surface area contributed by atoms with Gasteiger partial charge in [-0.25, -0.2) is 4.79 Å². The maximum Gasteiger partial charge on any atom is 1.00 e. The number of carboxylic acid groups (broad SMARTS) is 1. The van der Waals surface area contributed by atoms with Gasteiger partial charge in [0.15, 0.2) is 0 Å². The summed E-state index contributed by atoms with van der Waals surface area (Å²) in [7, 11) is 3.60. The number of ether oxygens (including phenoxy) is 1. The van der Waals surface area contributed by atoms with E-state index in [1.807, 2.05) is 23.9 Å². The smallest absolute Gasteiger partial charge is 0.550 e. The van der Waals surface area contributed by atoms with Gasteiger partial charge in [0.05, 0.1) is 5.52 Å². The summed E-state index contributed by atoms with van der Waals surface area (Å²) in [5.74, 6) is -0.587. The van der Waals surface area contributed by atoms with Crippen molar-refractivity contribution in [2.75, 3.05) is 13.6 Å². The summed E-state index contributed by atoms with van der Waals surface area (Å²) in [5.41, 5.74) is 1.83. The minimum atomic E-state index is -1.06. The summed E-state index contributed by atoms with van der Waals surface area (Å²) in [4.78, 5) is 24.3. The van der Waals surface area contributed by atoms with Crippen LogP contribution < -0.4 is 61.2 Å². The normalized spacial score (nSPS) is 10.4. The first kappa shape index (κ1) is 22.2. The third-order valence-electron chi connectivity index (χ3n) is 4.01. The van der Waals surface area contributed by atoms with Crippen molar-refractivity contribution in [1.29, 1.82) is 0 Å². The number of rotatable bonds is 7. The van der Waals surface area contributed by atoms with Gasteiger partial charge in [0, 0.05) is 44.3 Å². The molecule has 1 heterocycles. The average Bonchev–Trinajstić information content (AvgIpc) is 2.86. The zero-order chi connectivity index (χ0) is 17.7. The largest absolute Gasteiger partial charge is 1.00 e. The first-order chi connectivity index (χ1) is 11.4. The number of amides is 1. The summed E-state index contributed by atoms with van der Waals surface area (Å²) in [6.45, 7) is 2.73. The second-order valence-electron chi connectivity index (χ2n) is 5.96. The van der Waals surface area contributed by atoms with Crippen molar-refractivity contribution in [1.82, 2.24) is 9.47 Å². The van der Waals surface area contributed by atoms with Crippen LogP contribution in [0.2, 0.25) is 0 Å². The van der Waals surface area contributed by atoms with Crippen molar-refractivity contribution in [3.05, 3.63) is 30.0 Å². The van der Waals surface area contributed by atoms with Gasteiger partial charge in [0.1, 0.15) is 5.75 Å². The molecule has 7 heteroatoms. The summed E-state index contributed by atoms with van der Waals surface area (Å²) in [6.07, 6.45) is 3.86. The Labute approximate surface area is 190 Å². The Morgan fingerprint density at radius 2 is 2.04 bits per heavy atom. The number of carbonyl (C=O) groups is 2. The van der Waals surface area contributed by atoms with Gasteiger partial charge in [0.2, 0.25) is 0 Å². The maximum atomic E-state index is 12.0. The molecule has 0 bridgehead atoms. The fourth-order valence-electron chi connectivity index (χ4n) is 2.61. The summed E-state index contributed by atoms with van der Waals surface area (Å²) >= 11 is 0. The van der Waals surface area contributed by atoms with E-state index in [1.54, 1.807) is 24.1 Å². The van der Waals surface area contributed by atoms with Crippen LogP contribution in [0, 0.1) is 0 Å². The third-order valence-corrected chi connectivity index (χ3v) is 4.01. The van der Waals surface area contributed by atoms with Crippen LogP contribution in [-0.4, -0.2) is 35.1 Å². The van der Waals surface area contributed by atoms with E-state index in [0.717, 1.165) is 29.3 Å². The van der Waals surface area contributed by atoms with Crippen LogP contribution in [0.15, 0.2) is 24.4 Å². The Morgan fingerprint density at radius 1 is 1.32 bits per heavy atom. The van der Waals surface area contributed by atoms with Crippen molar-refractivity contribution in [3.63, 3.8) is 0 Å². The molecular formula is C18H23KN2O4. The van der Waals surface area contributed by atoms with E-state index in [0.29, 0.717) is 18.7 Å². The van der Waals surface area contributed by atoms with Crippen molar-refractivity contribution in [3.8, 4) is 5.75 Å². The standard InChI is InChI=1S/C18H24N2O4.K/c1-4-5-10-19(2)18(23)24-14-7-8-15-13(6-9-17(21)22)12-20(3)16(15)11-14;/h7-8,11-12H,4-6,9-10H2,1-3H3,(H,21,22);/q;+1/p-1. The molecule has 0 saturated carbocycles. The molecule has 130 valence electrons. The summed E-state index contributed by atoms with van der Waals surface area (Å²) < 4.78 is 7.31. The first-order valence-electron chi connectivity index (χ1n) is 8.13. The number of unbranched alkanes of at least 4 members (excludes halogenated alkanes) is 1. The topological polar surface area (TPSA) is 74.6 Å². The number of hydrogen-bond acceptors (Lipinski definition) is 4. The average molecular weight is 370 g/mol. The van der Waals surface area contributed by atoms with Crippen LogP contribution in [0.3, 0.4) is 0 Å². The molecule has 0 N–H and O–H groups in total. The van der Waals surface area contributed by atoms with Gasteiger partial charge in [-0.3, -0.25) is 0 Å². The molecule has 6 nitrogen and oxygen atoms in total. The molecule has 2 rings (SSSR count). The number of benzene rings is 1. The predicted molar refractivity (Wildman–Crippen MR) is 89.8 cm³/mol. The predicted octanol–water partition coefficient (Wildman–Crippen LogP) is -0.904. The molecule has 0 fully saturated rings. The van der Waals surface area contributed by atoms with Crippen molar-refractivity contribution < 1.29 is 70.8 Å². The third kappa shape index (κ3) is 6.11. The maximum absolute atomic E-state index is 12.0. The number of aromatic nitrogens is 1. The fourth-order valence-corrected chi connectivity index (χ4v) is 2.61. The minimum absolute atomic E-state index is 0. The Morgan fingerprint density at radius 3 is 2.68 bits per heavy atom. The molecule has 1 amide bonds. The minimum Gasteiger partial charge on any atom is -0.550 e. The van der Waals surface area contributed by atoms with Gasteiger partial charge < -0.3 is 24.1 Å². The molecule has 0 atom stereocenters. The van der Waals surface area contributed by atoms with Gasteiger partial charge in [-0.05, 0) is 37.0 Å². The molecule has 2 aromatic rings. The van der Waals surface area contributed by atoms with Crippen LogP contribution in [0.4, 0.5) is 4.79 Å². The number of aryl methyl sites for hydroxylation is 2. The van der Waals surface area contributed by atoms with E-state index in [2.05, 4.69) is 6.92 Å². The van der Waals surface area contributed by atoms with E-state index in [1.165, 1.54) is 0 Å². The van der Waals surface area contributed by atoms with Gasteiger partial charge in [-0.15, -0.1) is 0 Å². The first-order valence-corrected chi connectivity index (χ1v) is 8.13. The van der Waals surface area contributed by atoms with Crippen molar-refractivity contribution >= 4 is 23.0 Å².